The topological polar surface area (TPSA) is 124 Å². The van der Waals surface area contributed by atoms with E-state index >= 15 is 0 Å². The van der Waals surface area contributed by atoms with Crippen molar-refractivity contribution in [2.24, 2.45) is 0 Å². The number of ether oxygens (including phenoxy) is 1. The first-order valence-electron chi connectivity index (χ1n) is 13.4. The first-order valence-corrected chi connectivity index (χ1v) is 13.4. The number of carbonyl (C=O) groups excluding carboxylic acids is 4. The van der Waals surface area contributed by atoms with Gasteiger partial charge in [0.2, 0.25) is 5.78 Å². The van der Waals surface area contributed by atoms with Crippen molar-refractivity contribution in [1.82, 2.24) is 4.90 Å². The van der Waals surface area contributed by atoms with Gasteiger partial charge in [-0.1, -0.05) is 62.8 Å². The predicted octanol–water partition coefficient (Wildman–Crippen LogP) is 5.02. The van der Waals surface area contributed by atoms with Crippen LogP contribution in [0.5, 0.6) is 0 Å². The Bertz CT molecular complexity index is 1290. The summed E-state index contributed by atoms with van der Waals surface area (Å²) >= 11 is 0. The zero-order valence-corrected chi connectivity index (χ0v) is 21.1. The second-order valence-corrected chi connectivity index (χ2v) is 10.3. The highest BCUT2D eigenvalue weighted by molar-refractivity contribution is 6.30. The molecular formula is C29H30N2O7. The summed E-state index contributed by atoms with van der Waals surface area (Å²) in [6.07, 6.45) is 10.2. The largest absolute Gasteiger partial charge is 0.452 e. The smallest absolute Gasteiger partial charge is 0.345 e. The van der Waals surface area contributed by atoms with E-state index in [9.17, 15) is 29.3 Å². The predicted molar refractivity (Wildman–Crippen MR) is 137 cm³/mol. The van der Waals surface area contributed by atoms with Crippen LogP contribution in [0.4, 0.5) is 5.69 Å². The van der Waals surface area contributed by atoms with Crippen molar-refractivity contribution in [1.29, 1.82) is 0 Å². The van der Waals surface area contributed by atoms with Crippen molar-refractivity contribution >= 4 is 29.1 Å². The van der Waals surface area contributed by atoms with E-state index in [1.807, 2.05) is 4.90 Å². The van der Waals surface area contributed by atoms with Gasteiger partial charge in [-0.2, -0.15) is 0 Å². The third kappa shape index (κ3) is 4.73. The van der Waals surface area contributed by atoms with Crippen molar-refractivity contribution in [3.63, 3.8) is 0 Å². The normalized spacial score (nSPS) is 17.9. The number of nitro benzene ring substituents is 1. The van der Waals surface area contributed by atoms with Crippen LogP contribution in [0.15, 0.2) is 36.4 Å². The van der Waals surface area contributed by atoms with Crippen molar-refractivity contribution in [2.75, 3.05) is 6.61 Å². The Morgan fingerprint density at radius 1 is 0.816 bits per heavy atom. The maximum atomic E-state index is 13.4. The van der Waals surface area contributed by atoms with Gasteiger partial charge in [0.25, 0.3) is 11.6 Å². The first kappa shape index (κ1) is 25.8. The number of nitrogens with zero attached hydrogens (tertiary/aromatic N) is 2. The van der Waals surface area contributed by atoms with E-state index in [4.69, 9.17) is 4.74 Å². The highest BCUT2D eigenvalue weighted by Crippen LogP contribution is 2.36. The molecule has 5 rings (SSSR count). The molecule has 9 nitrogen and oxygen atoms in total. The zero-order valence-electron chi connectivity index (χ0n) is 21.1. The molecule has 0 spiro atoms. The Morgan fingerprint density at radius 3 is 1.92 bits per heavy atom. The van der Waals surface area contributed by atoms with Crippen LogP contribution < -0.4 is 0 Å². The minimum absolute atomic E-state index is 0.0457. The van der Waals surface area contributed by atoms with Crippen LogP contribution in [-0.2, 0) is 9.53 Å². The van der Waals surface area contributed by atoms with E-state index < -0.39 is 45.9 Å². The molecule has 2 aromatic carbocycles. The lowest BCUT2D eigenvalue weighted by Crippen LogP contribution is -2.50. The Balaban J connectivity index is 1.40. The maximum Gasteiger partial charge on any atom is 0.345 e. The average molecular weight is 519 g/mol. The molecule has 0 heterocycles. The summed E-state index contributed by atoms with van der Waals surface area (Å²) in [5.41, 5.74) is -1.58. The first-order chi connectivity index (χ1) is 18.4. The summed E-state index contributed by atoms with van der Waals surface area (Å²) in [7, 11) is 0. The molecule has 0 unspecified atom stereocenters. The number of rotatable bonds is 6. The van der Waals surface area contributed by atoms with E-state index in [2.05, 4.69) is 0 Å². The molecule has 0 radical (unpaired) electrons. The summed E-state index contributed by atoms with van der Waals surface area (Å²) in [6, 6.07) is 8.68. The van der Waals surface area contributed by atoms with Crippen molar-refractivity contribution in [3.05, 3.63) is 74.3 Å². The van der Waals surface area contributed by atoms with Crippen molar-refractivity contribution in [3.8, 4) is 0 Å². The molecule has 2 aromatic rings. The van der Waals surface area contributed by atoms with Gasteiger partial charge >= 0.3 is 5.97 Å². The number of benzene rings is 2. The Kier molecular flexibility index (Phi) is 7.35. The second kappa shape index (κ2) is 10.8. The standard InChI is InChI=1S/C29H30N2O7/c32-24(30(18-9-3-1-4-10-18)19-11-5-2-6-12-19)17-38-29(35)23-16-15-22-25(26(23)31(36)37)28(34)21-14-8-7-13-20(21)27(22)33/h7-8,13-16,18-19H,1-6,9-12,17H2. The zero-order chi connectivity index (χ0) is 26.8. The Labute approximate surface area is 220 Å². The molecule has 0 atom stereocenters. The monoisotopic (exact) mass is 518 g/mol. The fourth-order valence-electron chi connectivity index (χ4n) is 6.23. The molecule has 38 heavy (non-hydrogen) atoms. The molecule has 1 amide bonds. The lowest BCUT2D eigenvalue weighted by atomic mass is 9.82. The maximum absolute atomic E-state index is 13.4. The van der Waals surface area contributed by atoms with Gasteiger partial charge in [0, 0.05) is 28.8 Å². The number of nitro groups is 1. The van der Waals surface area contributed by atoms with Gasteiger partial charge in [0.15, 0.2) is 12.4 Å². The summed E-state index contributed by atoms with van der Waals surface area (Å²) in [5.74, 6) is -2.59. The van der Waals surface area contributed by atoms with E-state index in [-0.39, 0.29) is 34.7 Å². The molecule has 0 saturated heterocycles. The van der Waals surface area contributed by atoms with Crippen LogP contribution in [-0.4, -0.2) is 52.0 Å². The van der Waals surface area contributed by atoms with Gasteiger partial charge in [0.05, 0.1) is 4.92 Å². The summed E-state index contributed by atoms with van der Waals surface area (Å²) in [4.78, 5) is 65.8. The van der Waals surface area contributed by atoms with E-state index in [1.165, 1.54) is 18.2 Å². The number of fused-ring (bicyclic) bond motifs is 2. The molecule has 0 aliphatic heterocycles. The molecule has 2 fully saturated rings. The minimum Gasteiger partial charge on any atom is -0.452 e. The molecule has 3 aliphatic rings. The number of ketones is 2. The van der Waals surface area contributed by atoms with Crippen LogP contribution in [0, 0.1) is 10.1 Å². The summed E-state index contributed by atoms with van der Waals surface area (Å²) in [5, 5.41) is 12.1. The highest BCUT2D eigenvalue weighted by atomic mass is 16.6. The van der Waals surface area contributed by atoms with E-state index in [0.29, 0.717) is 0 Å². The van der Waals surface area contributed by atoms with Crippen molar-refractivity contribution < 1.29 is 28.8 Å². The van der Waals surface area contributed by atoms with Crippen molar-refractivity contribution in [2.45, 2.75) is 76.3 Å². The highest BCUT2D eigenvalue weighted by Gasteiger charge is 2.39. The van der Waals surface area contributed by atoms with Gasteiger partial charge in [-0.25, -0.2) is 4.79 Å². The molecule has 3 aliphatic carbocycles. The van der Waals surface area contributed by atoms with Crippen LogP contribution in [0.2, 0.25) is 0 Å². The summed E-state index contributed by atoms with van der Waals surface area (Å²) < 4.78 is 5.34. The van der Waals surface area contributed by atoms with Gasteiger partial charge < -0.3 is 9.64 Å². The van der Waals surface area contributed by atoms with Crippen LogP contribution >= 0.6 is 0 Å². The quantitative estimate of drug-likeness (QED) is 0.255. The van der Waals surface area contributed by atoms with Gasteiger partial charge in [-0.15, -0.1) is 0 Å². The molecular weight excluding hydrogens is 488 g/mol. The molecule has 9 heteroatoms. The second-order valence-electron chi connectivity index (χ2n) is 10.3. The Hall–Kier alpha value is -3.88. The number of hydrogen-bond acceptors (Lipinski definition) is 7. The third-order valence-electron chi connectivity index (χ3n) is 8.02. The summed E-state index contributed by atoms with van der Waals surface area (Å²) in [6.45, 7) is -0.532. The number of hydrogen-bond donors (Lipinski definition) is 0. The van der Waals surface area contributed by atoms with E-state index in [1.54, 1.807) is 12.1 Å². The Morgan fingerprint density at radius 2 is 1.37 bits per heavy atom. The van der Waals surface area contributed by atoms with E-state index in [0.717, 1.165) is 70.3 Å². The lowest BCUT2D eigenvalue weighted by molar-refractivity contribution is -0.385. The van der Waals surface area contributed by atoms with Crippen LogP contribution in [0.25, 0.3) is 0 Å². The molecule has 0 bridgehead atoms. The van der Waals surface area contributed by atoms with Gasteiger partial charge in [0.1, 0.15) is 11.1 Å². The van der Waals surface area contributed by atoms with Gasteiger partial charge in [-0.3, -0.25) is 24.5 Å². The number of amides is 1. The molecule has 0 N–H and O–H groups in total. The molecule has 0 aromatic heterocycles. The van der Waals surface area contributed by atoms with Crippen LogP contribution in [0.3, 0.4) is 0 Å². The minimum atomic E-state index is -1.07. The molecule has 198 valence electrons. The third-order valence-corrected chi connectivity index (χ3v) is 8.02. The fraction of sp³-hybridized carbons (Fsp3) is 0.448. The SMILES string of the molecule is O=C1c2ccccc2C(=O)c2c1ccc(C(=O)OCC(=O)N(C1CCCCC1)C1CCCCC1)c2[N+](=O)[O-]. The average Bonchev–Trinajstić information content (AvgIpc) is 2.95. The van der Waals surface area contributed by atoms with Crippen LogP contribution in [0.1, 0.15) is 106 Å². The molecule has 2 saturated carbocycles. The fourth-order valence-corrected chi connectivity index (χ4v) is 6.23. The lowest BCUT2D eigenvalue weighted by Gasteiger charge is -2.41. The number of carbonyl (C=O) groups is 4. The number of esters is 1. The van der Waals surface area contributed by atoms with Gasteiger partial charge in [-0.05, 0) is 37.8 Å².